The minimum atomic E-state index is -4.20. The highest BCUT2D eigenvalue weighted by molar-refractivity contribution is 7.85. The van der Waals surface area contributed by atoms with Crippen molar-refractivity contribution in [3.8, 4) is 0 Å². The maximum absolute atomic E-state index is 11.8. The third kappa shape index (κ3) is 7.63. The molecular formula is C12H16Cl2N2O4S. The van der Waals surface area contributed by atoms with Gasteiger partial charge in [0.15, 0.2) is 6.54 Å². The van der Waals surface area contributed by atoms with Gasteiger partial charge in [0.2, 0.25) is 0 Å². The van der Waals surface area contributed by atoms with Gasteiger partial charge in [-0.25, -0.2) is 8.42 Å². The summed E-state index contributed by atoms with van der Waals surface area (Å²) < 4.78 is 31.4. The molecule has 0 saturated carbocycles. The summed E-state index contributed by atoms with van der Waals surface area (Å²) in [4.78, 5) is 12.6. The van der Waals surface area contributed by atoms with E-state index in [-0.39, 0.29) is 18.9 Å². The minimum Gasteiger partial charge on any atom is -0.748 e. The molecule has 1 rings (SSSR count). The second kappa shape index (κ2) is 7.95. The van der Waals surface area contributed by atoms with Crippen molar-refractivity contribution in [3.05, 3.63) is 28.2 Å². The summed E-state index contributed by atoms with van der Waals surface area (Å²) in [6.45, 7) is 0.565. The van der Waals surface area contributed by atoms with Crippen LogP contribution in [0.3, 0.4) is 0 Å². The first kappa shape index (κ1) is 18.2. The minimum absolute atomic E-state index is 0.152. The second-order valence-electron chi connectivity index (χ2n) is 4.68. The van der Waals surface area contributed by atoms with E-state index in [0.717, 1.165) is 4.90 Å². The zero-order chi connectivity index (χ0) is 16.0. The Hall–Kier alpha value is -0.860. The predicted molar refractivity (Wildman–Crippen MR) is 80.9 cm³/mol. The molecule has 0 spiro atoms. The second-order valence-corrected chi connectivity index (χ2v) is 7.01. The lowest BCUT2D eigenvalue weighted by molar-refractivity contribution is -0.870. The van der Waals surface area contributed by atoms with Crippen LogP contribution in [-0.2, 0) is 14.9 Å². The van der Waals surface area contributed by atoms with Crippen molar-refractivity contribution < 1.29 is 22.7 Å². The van der Waals surface area contributed by atoms with Gasteiger partial charge < -0.3 is 14.8 Å². The van der Waals surface area contributed by atoms with Crippen molar-refractivity contribution in [3.63, 3.8) is 0 Å². The monoisotopic (exact) mass is 354 g/mol. The molecule has 1 aromatic carbocycles. The van der Waals surface area contributed by atoms with Crippen LogP contribution < -0.4 is 10.2 Å². The van der Waals surface area contributed by atoms with Crippen LogP contribution in [0.15, 0.2) is 18.2 Å². The first-order valence-corrected chi connectivity index (χ1v) is 8.50. The van der Waals surface area contributed by atoms with Gasteiger partial charge in [-0.2, -0.15) is 0 Å². The number of hydrogen-bond donors (Lipinski definition) is 2. The number of quaternary nitrogens is 1. The van der Waals surface area contributed by atoms with E-state index in [1.54, 1.807) is 25.2 Å². The fourth-order valence-corrected chi connectivity index (χ4v) is 2.49. The Morgan fingerprint density at radius 1 is 1.33 bits per heavy atom. The molecule has 1 atom stereocenters. The summed E-state index contributed by atoms with van der Waals surface area (Å²) in [5, 5.41) is 3.41. The molecule has 1 amide bonds. The van der Waals surface area contributed by atoms with Crippen molar-refractivity contribution >= 4 is 44.9 Å². The number of hydrogen-bond acceptors (Lipinski definition) is 4. The van der Waals surface area contributed by atoms with Crippen molar-refractivity contribution in [2.75, 3.05) is 31.2 Å². The van der Waals surface area contributed by atoms with Gasteiger partial charge in [-0.05, 0) is 18.2 Å². The van der Waals surface area contributed by atoms with Crippen molar-refractivity contribution in [1.29, 1.82) is 0 Å². The first-order chi connectivity index (χ1) is 9.67. The fraction of sp³-hybridized carbons (Fsp3) is 0.417. The Balaban J connectivity index is 2.40. The zero-order valence-electron chi connectivity index (χ0n) is 11.4. The summed E-state index contributed by atoms with van der Waals surface area (Å²) in [5.74, 6) is -0.658. The number of nitrogens with one attached hydrogen (secondary N) is 2. The van der Waals surface area contributed by atoms with Crippen LogP contribution in [0, 0.1) is 0 Å². The van der Waals surface area contributed by atoms with Crippen LogP contribution in [0.25, 0.3) is 0 Å². The molecular weight excluding hydrogens is 339 g/mol. The van der Waals surface area contributed by atoms with Crippen LogP contribution in [0.2, 0.25) is 10.0 Å². The third-order valence-corrected chi connectivity index (χ3v) is 4.19. The van der Waals surface area contributed by atoms with Crippen LogP contribution in [-0.4, -0.2) is 44.8 Å². The van der Waals surface area contributed by atoms with E-state index in [1.165, 1.54) is 0 Å². The number of carbonyl (C=O) groups is 1. The van der Waals surface area contributed by atoms with Gasteiger partial charge in [0.25, 0.3) is 5.91 Å². The molecule has 0 bridgehead atoms. The molecule has 1 unspecified atom stereocenters. The molecule has 9 heteroatoms. The van der Waals surface area contributed by atoms with Gasteiger partial charge >= 0.3 is 0 Å². The average Bonchev–Trinajstić information content (AvgIpc) is 2.32. The highest BCUT2D eigenvalue weighted by Gasteiger charge is 2.11. The first-order valence-electron chi connectivity index (χ1n) is 6.17. The Bertz CT molecular complexity index is 607. The molecule has 0 aliphatic rings. The summed E-state index contributed by atoms with van der Waals surface area (Å²) in [6, 6.07) is 4.75. The Morgan fingerprint density at radius 2 is 2.00 bits per heavy atom. The van der Waals surface area contributed by atoms with Crippen molar-refractivity contribution in [1.82, 2.24) is 0 Å². The van der Waals surface area contributed by atoms with Crippen molar-refractivity contribution in [2.24, 2.45) is 0 Å². The lowest BCUT2D eigenvalue weighted by atomic mass is 10.3. The predicted octanol–water partition coefficient (Wildman–Crippen LogP) is 0.382. The highest BCUT2D eigenvalue weighted by atomic mass is 35.5. The SMILES string of the molecule is C[NH+](CCCS(=O)(=O)[O-])CC(=O)Nc1ccc(Cl)c(Cl)c1. The molecule has 2 N–H and O–H groups in total. The van der Waals surface area contributed by atoms with E-state index in [4.69, 9.17) is 23.2 Å². The number of likely N-dealkylation sites (N-methyl/N-ethyl adjacent to an activating group) is 1. The lowest BCUT2D eigenvalue weighted by Gasteiger charge is -2.14. The number of anilines is 1. The molecule has 0 aliphatic carbocycles. The smallest absolute Gasteiger partial charge is 0.279 e. The maximum atomic E-state index is 11.8. The molecule has 0 aromatic heterocycles. The molecule has 21 heavy (non-hydrogen) atoms. The molecule has 1 aromatic rings. The summed E-state index contributed by atoms with van der Waals surface area (Å²) in [7, 11) is -2.45. The molecule has 0 radical (unpaired) electrons. The Labute approximate surface area is 133 Å². The molecule has 0 saturated heterocycles. The van der Waals surface area contributed by atoms with Crippen LogP contribution in [0.4, 0.5) is 5.69 Å². The number of amides is 1. The molecule has 118 valence electrons. The molecule has 0 aliphatic heterocycles. The average molecular weight is 355 g/mol. The van der Waals surface area contributed by atoms with Crippen LogP contribution in [0.5, 0.6) is 0 Å². The van der Waals surface area contributed by atoms with Gasteiger partial charge in [-0.15, -0.1) is 0 Å². The van der Waals surface area contributed by atoms with E-state index in [0.29, 0.717) is 22.3 Å². The summed E-state index contributed by atoms with van der Waals surface area (Å²) in [5.41, 5.74) is 0.532. The van der Waals surface area contributed by atoms with E-state index in [9.17, 15) is 17.8 Å². The molecule has 0 heterocycles. The largest absolute Gasteiger partial charge is 0.748 e. The van der Waals surface area contributed by atoms with E-state index in [2.05, 4.69) is 5.32 Å². The lowest BCUT2D eigenvalue weighted by Crippen LogP contribution is -3.10. The fourth-order valence-electron chi connectivity index (χ4n) is 1.69. The summed E-state index contributed by atoms with van der Waals surface area (Å²) >= 11 is 11.6. The van der Waals surface area contributed by atoms with Crippen LogP contribution >= 0.6 is 23.2 Å². The van der Waals surface area contributed by atoms with Gasteiger partial charge in [-0.3, -0.25) is 4.79 Å². The number of benzene rings is 1. The van der Waals surface area contributed by atoms with E-state index < -0.39 is 15.9 Å². The van der Waals surface area contributed by atoms with E-state index in [1.807, 2.05) is 0 Å². The van der Waals surface area contributed by atoms with Gasteiger partial charge in [0.1, 0.15) is 0 Å². The number of rotatable bonds is 7. The Kier molecular flexibility index (Phi) is 6.89. The van der Waals surface area contributed by atoms with Crippen molar-refractivity contribution in [2.45, 2.75) is 6.42 Å². The normalized spacial score (nSPS) is 13.0. The molecule has 0 fully saturated rings. The molecule has 6 nitrogen and oxygen atoms in total. The standard InChI is InChI=1S/C12H16Cl2N2O4S/c1-16(5-2-6-21(18,19)20)8-12(17)15-9-3-4-10(13)11(14)7-9/h3-4,7H,2,5-6,8H2,1H3,(H,15,17)(H,18,19,20). The highest BCUT2D eigenvalue weighted by Crippen LogP contribution is 2.24. The number of halogens is 2. The summed E-state index contributed by atoms with van der Waals surface area (Å²) in [6.07, 6.45) is 0.220. The van der Waals surface area contributed by atoms with Gasteiger partial charge in [-0.1, -0.05) is 23.2 Å². The van der Waals surface area contributed by atoms with Gasteiger partial charge in [0.05, 0.1) is 33.8 Å². The maximum Gasteiger partial charge on any atom is 0.279 e. The van der Waals surface area contributed by atoms with Gasteiger partial charge in [0, 0.05) is 17.9 Å². The third-order valence-electron chi connectivity index (χ3n) is 2.66. The number of carbonyl (C=O) groups excluding carboxylic acids is 1. The topological polar surface area (TPSA) is 90.7 Å². The van der Waals surface area contributed by atoms with Crippen LogP contribution in [0.1, 0.15) is 6.42 Å². The zero-order valence-corrected chi connectivity index (χ0v) is 13.7. The quantitative estimate of drug-likeness (QED) is 0.692. The Morgan fingerprint density at radius 3 is 2.57 bits per heavy atom. The van der Waals surface area contributed by atoms with E-state index >= 15 is 0 Å².